The van der Waals surface area contributed by atoms with Gasteiger partial charge in [-0.05, 0) is 38.1 Å². The summed E-state index contributed by atoms with van der Waals surface area (Å²) < 4.78 is 29.6. The lowest BCUT2D eigenvalue weighted by Gasteiger charge is -2.12. The molecule has 0 amide bonds. The van der Waals surface area contributed by atoms with Gasteiger partial charge >= 0.3 is 10.1 Å². The Morgan fingerprint density at radius 1 is 0.952 bits per heavy atom. The summed E-state index contributed by atoms with van der Waals surface area (Å²) in [5.41, 5.74) is 0.861. The highest BCUT2D eigenvalue weighted by Gasteiger charge is 2.23. The standard InChI is InChI=1S/C13H10Cl3NO3S/c1-7-11(15)13(12(16)8(2)17-7)20-21(18,19)10-5-3-9(14)4-6-10/h3-6H,1-2H3. The lowest BCUT2D eigenvalue weighted by atomic mass is 10.3. The molecule has 0 saturated carbocycles. The summed E-state index contributed by atoms with van der Waals surface area (Å²) in [5, 5.41) is 0.534. The zero-order valence-corrected chi connectivity index (χ0v) is 14.1. The van der Waals surface area contributed by atoms with Crippen molar-refractivity contribution in [3.63, 3.8) is 0 Å². The smallest absolute Gasteiger partial charge is 0.339 e. The topological polar surface area (TPSA) is 56.3 Å². The molecule has 0 saturated heterocycles. The Kier molecular flexibility index (Phi) is 4.68. The van der Waals surface area contributed by atoms with E-state index in [-0.39, 0.29) is 20.7 Å². The third kappa shape index (κ3) is 3.43. The average Bonchev–Trinajstić information content (AvgIpc) is 2.42. The Labute approximate surface area is 137 Å². The van der Waals surface area contributed by atoms with Crippen molar-refractivity contribution < 1.29 is 12.6 Å². The van der Waals surface area contributed by atoms with Gasteiger partial charge in [-0.1, -0.05) is 34.8 Å². The summed E-state index contributed by atoms with van der Waals surface area (Å²) in [7, 11) is -4.06. The van der Waals surface area contributed by atoms with Crippen molar-refractivity contribution in [2.75, 3.05) is 0 Å². The fourth-order valence-corrected chi connectivity index (χ4v) is 3.18. The molecule has 0 N–H and O–H groups in total. The minimum atomic E-state index is -4.06. The van der Waals surface area contributed by atoms with Crippen molar-refractivity contribution in [3.05, 3.63) is 50.7 Å². The Bertz CT molecular complexity index is 763. The van der Waals surface area contributed by atoms with Gasteiger partial charge < -0.3 is 4.18 Å². The fraction of sp³-hybridized carbons (Fsp3) is 0.154. The van der Waals surface area contributed by atoms with E-state index >= 15 is 0 Å². The summed E-state index contributed by atoms with van der Waals surface area (Å²) in [6.45, 7) is 3.26. The van der Waals surface area contributed by atoms with Gasteiger partial charge in [-0.15, -0.1) is 0 Å². The van der Waals surface area contributed by atoms with E-state index < -0.39 is 10.1 Å². The third-order valence-corrected chi connectivity index (χ3v) is 5.04. The van der Waals surface area contributed by atoms with Crippen LogP contribution in [-0.4, -0.2) is 13.4 Å². The van der Waals surface area contributed by atoms with Gasteiger partial charge in [-0.3, -0.25) is 4.98 Å². The van der Waals surface area contributed by atoms with Gasteiger partial charge in [0.15, 0.2) is 5.75 Å². The van der Waals surface area contributed by atoms with Crippen LogP contribution in [0, 0.1) is 13.8 Å². The predicted octanol–water partition coefficient (Wildman–Crippen LogP) is 4.43. The van der Waals surface area contributed by atoms with Crippen LogP contribution in [0.3, 0.4) is 0 Å². The first-order valence-electron chi connectivity index (χ1n) is 5.74. The minimum Gasteiger partial charge on any atom is -0.376 e. The summed E-state index contributed by atoms with van der Waals surface area (Å²) in [4.78, 5) is 4.04. The molecule has 0 fully saturated rings. The number of halogens is 3. The van der Waals surface area contributed by atoms with Crippen LogP contribution in [0.15, 0.2) is 29.2 Å². The summed E-state index contributed by atoms with van der Waals surface area (Å²) in [5.74, 6) is -0.127. The first-order valence-corrected chi connectivity index (χ1v) is 8.29. The number of pyridine rings is 1. The van der Waals surface area contributed by atoms with Crippen molar-refractivity contribution in [1.82, 2.24) is 4.98 Å². The molecule has 0 radical (unpaired) electrons. The van der Waals surface area contributed by atoms with Crippen LogP contribution in [0.5, 0.6) is 5.75 Å². The molecule has 1 aromatic carbocycles. The number of aryl methyl sites for hydroxylation is 2. The van der Waals surface area contributed by atoms with E-state index in [1.54, 1.807) is 13.8 Å². The third-order valence-electron chi connectivity index (χ3n) is 2.66. The Balaban J connectivity index is 2.49. The zero-order chi connectivity index (χ0) is 15.8. The van der Waals surface area contributed by atoms with Gasteiger partial charge in [0.1, 0.15) is 14.9 Å². The molecule has 0 aliphatic rings. The van der Waals surface area contributed by atoms with Gasteiger partial charge in [-0.2, -0.15) is 8.42 Å². The number of hydrogen-bond acceptors (Lipinski definition) is 4. The van der Waals surface area contributed by atoms with Gasteiger partial charge in [-0.25, -0.2) is 0 Å². The number of rotatable bonds is 3. The quantitative estimate of drug-likeness (QED) is 0.754. The average molecular weight is 367 g/mol. The van der Waals surface area contributed by atoms with E-state index in [9.17, 15) is 8.42 Å². The van der Waals surface area contributed by atoms with E-state index in [0.717, 1.165) is 0 Å². The lowest BCUT2D eigenvalue weighted by Crippen LogP contribution is -2.11. The Morgan fingerprint density at radius 2 is 1.43 bits per heavy atom. The molecule has 112 valence electrons. The van der Waals surface area contributed by atoms with Gasteiger partial charge in [0.25, 0.3) is 0 Å². The highest BCUT2D eigenvalue weighted by atomic mass is 35.5. The first-order chi connectivity index (χ1) is 9.72. The van der Waals surface area contributed by atoms with E-state index in [1.165, 1.54) is 24.3 Å². The molecule has 4 nitrogen and oxygen atoms in total. The molecule has 0 aliphatic heterocycles. The first kappa shape index (κ1) is 16.4. The second-order valence-electron chi connectivity index (χ2n) is 4.23. The van der Waals surface area contributed by atoms with Gasteiger partial charge in [0.05, 0.1) is 11.4 Å². The van der Waals surface area contributed by atoms with Gasteiger partial charge in [0, 0.05) is 5.02 Å². The summed E-state index contributed by atoms with van der Waals surface area (Å²) >= 11 is 17.8. The highest BCUT2D eigenvalue weighted by Crippen LogP contribution is 2.38. The van der Waals surface area contributed by atoms with Crippen LogP contribution in [0.1, 0.15) is 11.4 Å². The van der Waals surface area contributed by atoms with Crippen LogP contribution >= 0.6 is 34.8 Å². The predicted molar refractivity (Wildman–Crippen MR) is 83.0 cm³/mol. The normalized spacial score (nSPS) is 11.5. The van der Waals surface area contributed by atoms with Crippen LogP contribution in [0.25, 0.3) is 0 Å². The van der Waals surface area contributed by atoms with E-state index in [4.69, 9.17) is 39.0 Å². The number of hydrogen-bond donors (Lipinski definition) is 0. The molecule has 0 aliphatic carbocycles. The fourth-order valence-electron chi connectivity index (χ4n) is 1.61. The molecule has 0 unspecified atom stereocenters. The van der Waals surface area contributed by atoms with Crippen molar-refractivity contribution in [1.29, 1.82) is 0 Å². The lowest BCUT2D eigenvalue weighted by molar-refractivity contribution is 0.485. The van der Waals surface area contributed by atoms with Crippen LogP contribution in [0.4, 0.5) is 0 Å². The Hall–Kier alpha value is -1.01. The van der Waals surface area contributed by atoms with Crippen molar-refractivity contribution >= 4 is 44.9 Å². The second-order valence-corrected chi connectivity index (χ2v) is 6.97. The van der Waals surface area contributed by atoms with Crippen molar-refractivity contribution in [2.24, 2.45) is 0 Å². The van der Waals surface area contributed by atoms with Crippen molar-refractivity contribution in [2.45, 2.75) is 18.7 Å². The molecular formula is C13H10Cl3NO3S. The largest absolute Gasteiger partial charge is 0.376 e. The SMILES string of the molecule is Cc1nc(C)c(Cl)c(OS(=O)(=O)c2ccc(Cl)cc2)c1Cl. The maximum absolute atomic E-state index is 12.2. The summed E-state index contributed by atoms with van der Waals surface area (Å²) in [6, 6.07) is 5.56. The zero-order valence-electron chi connectivity index (χ0n) is 11.0. The van der Waals surface area contributed by atoms with E-state index in [2.05, 4.69) is 4.98 Å². The highest BCUT2D eigenvalue weighted by molar-refractivity contribution is 7.87. The maximum atomic E-state index is 12.2. The molecule has 1 aromatic heterocycles. The van der Waals surface area contributed by atoms with Crippen LogP contribution in [-0.2, 0) is 10.1 Å². The maximum Gasteiger partial charge on any atom is 0.339 e. The van der Waals surface area contributed by atoms with Crippen LogP contribution in [0.2, 0.25) is 15.1 Å². The van der Waals surface area contributed by atoms with Crippen LogP contribution < -0.4 is 4.18 Å². The molecule has 0 spiro atoms. The molecule has 2 aromatic rings. The number of nitrogens with zero attached hydrogens (tertiary/aromatic N) is 1. The molecule has 0 atom stereocenters. The molecule has 21 heavy (non-hydrogen) atoms. The molecule has 8 heteroatoms. The molecule has 0 bridgehead atoms. The molecule has 2 rings (SSSR count). The number of aromatic nitrogens is 1. The molecular weight excluding hydrogens is 357 g/mol. The van der Waals surface area contributed by atoms with Crippen molar-refractivity contribution in [3.8, 4) is 5.75 Å². The second kappa shape index (κ2) is 6.01. The molecule has 1 heterocycles. The monoisotopic (exact) mass is 365 g/mol. The Morgan fingerprint density at radius 3 is 1.90 bits per heavy atom. The van der Waals surface area contributed by atoms with E-state index in [1.807, 2.05) is 0 Å². The number of benzene rings is 1. The summed E-state index contributed by atoms with van der Waals surface area (Å²) in [6.07, 6.45) is 0. The minimum absolute atomic E-state index is 0.0499. The van der Waals surface area contributed by atoms with E-state index in [0.29, 0.717) is 16.4 Å². The van der Waals surface area contributed by atoms with Gasteiger partial charge in [0.2, 0.25) is 0 Å².